The molecule has 1 aliphatic rings. The molecular formula is C12H9BrO. The van der Waals surface area contributed by atoms with Gasteiger partial charge in [0.25, 0.3) is 0 Å². The number of Topliss-reactive ketones (excluding diaryl/α,β-unsaturated/α-hetero) is 1. The molecule has 0 saturated carbocycles. The number of allylic oxidation sites excluding steroid dienone is 4. The molecule has 0 radical (unpaired) electrons. The second-order valence-corrected chi connectivity index (χ2v) is 4.08. The largest absolute Gasteiger partial charge is 0.289 e. The molecule has 2 rings (SSSR count). The molecule has 0 unspecified atom stereocenters. The fourth-order valence-corrected chi connectivity index (χ4v) is 1.67. The Kier molecular flexibility index (Phi) is 2.64. The van der Waals surface area contributed by atoms with Gasteiger partial charge in [0.1, 0.15) is 0 Å². The Morgan fingerprint density at radius 1 is 1.21 bits per heavy atom. The van der Waals surface area contributed by atoms with Gasteiger partial charge in [-0.25, -0.2) is 0 Å². The van der Waals surface area contributed by atoms with Crippen LogP contribution in [0.3, 0.4) is 0 Å². The van der Waals surface area contributed by atoms with E-state index in [2.05, 4.69) is 15.9 Å². The van der Waals surface area contributed by atoms with Crippen LogP contribution in [0.5, 0.6) is 0 Å². The highest BCUT2D eigenvalue weighted by Gasteiger charge is 2.11. The van der Waals surface area contributed by atoms with Gasteiger partial charge in [-0.3, -0.25) is 4.79 Å². The lowest BCUT2D eigenvalue weighted by atomic mass is 10.0. The van der Waals surface area contributed by atoms with E-state index >= 15 is 0 Å². The fourth-order valence-electron chi connectivity index (χ4n) is 1.40. The first kappa shape index (κ1) is 9.41. The van der Waals surface area contributed by atoms with E-state index in [1.54, 1.807) is 0 Å². The lowest BCUT2D eigenvalue weighted by Crippen LogP contribution is -2.00. The van der Waals surface area contributed by atoms with Crippen molar-refractivity contribution in [2.45, 2.75) is 6.42 Å². The summed E-state index contributed by atoms with van der Waals surface area (Å²) in [6, 6.07) is 7.45. The molecule has 2 heteroatoms. The third kappa shape index (κ3) is 1.85. The number of halogens is 1. The summed E-state index contributed by atoms with van der Waals surface area (Å²) in [6.07, 6.45) is 6.55. The van der Waals surface area contributed by atoms with Gasteiger partial charge in [0.2, 0.25) is 0 Å². The molecule has 70 valence electrons. The summed E-state index contributed by atoms with van der Waals surface area (Å²) in [7, 11) is 0. The monoisotopic (exact) mass is 248 g/mol. The SMILES string of the molecule is O=C(C1=CC=CC1)c1ccc(Br)cc1. The summed E-state index contributed by atoms with van der Waals surface area (Å²) in [5, 5.41) is 0. The van der Waals surface area contributed by atoms with E-state index in [4.69, 9.17) is 0 Å². The van der Waals surface area contributed by atoms with E-state index in [0.29, 0.717) is 0 Å². The fraction of sp³-hybridized carbons (Fsp3) is 0.0833. The van der Waals surface area contributed by atoms with E-state index in [-0.39, 0.29) is 5.78 Å². The van der Waals surface area contributed by atoms with Crippen molar-refractivity contribution >= 4 is 21.7 Å². The Bertz CT molecular complexity index is 412. The predicted molar refractivity (Wildman–Crippen MR) is 60.3 cm³/mol. The zero-order valence-corrected chi connectivity index (χ0v) is 9.12. The minimum absolute atomic E-state index is 0.127. The van der Waals surface area contributed by atoms with E-state index in [1.165, 1.54) is 0 Å². The lowest BCUT2D eigenvalue weighted by molar-refractivity contribution is 0.103. The van der Waals surface area contributed by atoms with Gasteiger partial charge in [-0.1, -0.05) is 34.2 Å². The molecule has 1 aromatic carbocycles. The summed E-state index contributed by atoms with van der Waals surface area (Å²) < 4.78 is 0.993. The third-order valence-electron chi connectivity index (χ3n) is 2.17. The van der Waals surface area contributed by atoms with E-state index < -0.39 is 0 Å². The Balaban J connectivity index is 2.23. The van der Waals surface area contributed by atoms with Crippen molar-refractivity contribution in [3.63, 3.8) is 0 Å². The highest BCUT2D eigenvalue weighted by atomic mass is 79.9. The molecular weight excluding hydrogens is 240 g/mol. The molecule has 0 heterocycles. The van der Waals surface area contributed by atoms with Gasteiger partial charge < -0.3 is 0 Å². The number of rotatable bonds is 2. The first-order valence-corrected chi connectivity index (χ1v) is 5.22. The van der Waals surface area contributed by atoms with Crippen LogP contribution in [0.4, 0.5) is 0 Å². The molecule has 0 spiro atoms. The zero-order valence-electron chi connectivity index (χ0n) is 7.53. The van der Waals surface area contributed by atoms with Crippen molar-refractivity contribution in [2.75, 3.05) is 0 Å². The molecule has 14 heavy (non-hydrogen) atoms. The minimum atomic E-state index is 0.127. The second kappa shape index (κ2) is 3.93. The highest BCUT2D eigenvalue weighted by Crippen LogP contribution is 2.18. The first-order valence-electron chi connectivity index (χ1n) is 4.43. The maximum absolute atomic E-state index is 11.8. The van der Waals surface area contributed by atoms with Crippen LogP contribution in [0.2, 0.25) is 0 Å². The van der Waals surface area contributed by atoms with Crippen LogP contribution < -0.4 is 0 Å². The minimum Gasteiger partial charge on any atom is -0.289 e. The van der Waals surface area contributed by atoms with Gasteiger partial charge >= 0.3 is 0 Å². The Morgan fingerprint density at radius 3 is 2.50 bits per heavy atom. The van der Waals surface area contributed by atoms with Crippen molar-refractivity contribution in [1.29, 1.82) is 0 Å². The van der Waals surface area contributed by atoms with Crippen molar-refractivity contribution in [1.82, 2.24) is 0 Å². The van der Waals surface area contributed by atoms with Crippen molar-refractivity contribution < 1.29 is 4.79 Å². The van der Waals surface area contributed by atoms with Crippen LogP contribution in [0.25, 0.3) is 0 Å². The number of carbonyl (C=O) groups is 1. The van der Waals surface area contributed by atoms with Crippen LogP contribution in [-0.2, 0) is 0 Å². The average molecular weight is 249 g/mol. The van der Waals surface area contributed by atoms with Crippen molar-refractivity contribution in [3.05, 3.63) is 58.1 Å². The number of hydrogen-bond acceptors (Lipinski definition) is 1. The van der Waals surface area contributed by atoms with Crippen molar-refractivity contribution in [3.8, 4) is 0 Å². The van der Waals surface area contributed by atoms with Crippen LogP contribution in [-0.4, -0.2) is 5.78 Å². The van der Waals surface area contributed by atoms with Crippen LogP contribution in [0, 0.1) is 0 Å². The maximum atomic E-state index is 11.8. The predicted octanol–water partition coefficient (Wildman–Crippen LogP) is 3.52. The summed E-state index contributed by atoms with van der Waals surface area (Å²) >= 11 is 3.34. The summed E-state index contributed by atoms with van der Waals surface area (Å²) in [6.45, 7) is 0. The molecule has 0 saturated heterocycles. The Labute approximate surface area is 91.3 Å². The second-order valence-electron chi connectivity index (χ2n) is 3.16. The molecule has 1 aliphatic carbocycles. The quantitative estimate of drug-likeness (QED) is 0.733. The lowest BCUT2D eigenvalue weighted by Gasteiger charge is -2.01. The molecule has 0 aliphatic heterocycles. The van der Waals surface area contributed by atoms with Crippen LogP contribution >= 0.6 is 15.9 Å². The van der Waals surface area contributed by atoms with E-state index in [9.17, 15) is 4.79 Å². The first-order chi connectivity index (χ1) is 6.77. The average Bonchev–Trinajstić information content (AvgIpc) is 2.71. The Hall–Kier alpha value is -1.15. The van der Waals surface area contributed by atoms with Gasteiger partial charge in [0, 0.05) is 15.6 Å². The molecule has 1 nitrogen and oxygen atoms in total. The summed E-state index contributed by atoms with van der Waals surface area (Å²) in [4.78, 5) is 11.8. The normalized spacial score (nSPS) is 14.2. The summed E-state index contributed by atoms with van der Waals surface area (Å²) in [5.41, 5.74) is 1.62. The molecule has 0 fully saturated rings. The molecule has 0 aromatic heterocycles. The summed E-state index contributed by atoms with van der Waals surface area (Å²) in [5.74, 6) is 0.127. The topological polar surface area (TPSA) is 17.1 Å². The van der Waals surface area contributed by atoms with Crippen LogP contribution in [0.1, 0.15) is 16.8 Å². The molecule has 0 bridgehead atoms. The maximum Gasteiger partial charge on any atom is 0.189 e. The number of hydrogen-bond donors (Lipinski definition) is 0. The highest BCUT2D eigenvalue weighted by molar-refractivity contribution is 9.10. The molecule has 0 N–H and O–H groups in total. The zero-order chi connectivity index (χ0) is 9.97. The van der Waals surface area contributed by atoms with Gasteiger partial charge in [-0.05, 0) is 30.7 Å². The smallest absolute Gasteiger partial charge is 0.189 e. The van der Waals surface area contributed by atoms with Gasteiger partial charge in [-0.2, -0.15) is 0 Å². The van der Waals surface area contributed by atoms with E-state index in [0.717, 1.165) is 22.0 Å². The van der Waals surface area contributed by atoms with Gasteiger partial charge in [-0.15, -0.1) is 0 Å². The number of carbonyl (C=O) groups excluding carboxylic acids is 1. The van der Waals surface area contributed by atoms with Crippen LogP contribution in [0.15, 0.2) is 52.5 Å². The molecule has 0 amide bonds. The van der Waals surface area contributed by atoms with E-state index in [1.807, 2.05) is 42.5 Å². The molecule has 0 atom stereocenters. The Morgan fingerprint density at radius 2 is 1.93 bits per heavy atom. The molecule has 1 aromatic rings. The van der Waals surface area contributed by atoms with Gasteiger partial charge in [0.05, 0.1) is 0 Å². The van der Waals surface area contributed by atoms with Gasteiger partial charge in [0.15, 0.2) is 5.78 Å². The number of ketones is 1. The third-order valence-corrected chi connectivity index (χ3v) is 2.70. The number of benzene rings is 1. The standard InChI is InChI=1S/C12H9BrO/c13-11-7-5-10(6-8-11)12(14)9-3-1-2-4-9/h1-3,5-8H,4H2. The van der Waals surface area contributed by atoms with Crippen molar-refractivity contribution in [2.24, 2.45) is 0 Å².